The van der Waals surface area contributed by atoms with Crippen LogP contribution in [0, 0.1) is 0 Å². The Bertz CT molecular complexity index is 3350. The number of rotatable bonds is 6. The van der Waals surface area contributed by atoms with Crippen LogP contribution in [0.4, 0.5) is 0 Å². The second-order valence-electron chi connectivity index (χ2n) is 17.0. The minimum atomic E-state index is -0.0464. The molecule has 10 aromatic rings. The molecule has 0 aliphatic carbocycles. The van der Waals surface area contributed by atoms with Gasteiger partial charge in [-0.2, -0.15) is 0 Å². The van der Waals surface area contributed by atoms with Gasteiger partial charge in [0.05, 0.1) is 22.3 Å². The third kappa shape index (κ3) is 5.52. The molecule has 5 nitrogen and oxygen atoms in total. The summed E-state index contributed by atoms with van der Waals surface area (Å²) in [5.74, 6) is 4.67. The molecule has 0 amide bonds. The molecule has 292 valence electrons. The summed E-state index contributed by atoms with van der Waals surface area (Å²) in [6.45, 7) is 9.14. The van der Waals surface area contributed by atoms with Crippen LogP contribution in [0.3, 0.4) is 0 Å². The SMILES string of the molecule is CC(C)c1cc(-c2ccc(-c3ccccc3)cc2)cc(C(C)C)c1-n1c(-c2cccc3c2oc2cc4c(cc23)Oc2cccc3c2B4c2ccccc2O3)nc2ccccc21. The maximum absolute atomic E-state index is 7.04. The molecule has 4 heterocycles. The van der Waals surface area contributed by atoms with Crippen LogP contribution < -0.4 is 25.9 Å². The predicted octanol–water partition coefficient (Wildman–Crippen LogP) is 12.9. The fourth-order valence-electron chi connectivity index (χ4n) is 9.75. The lowest BCUT2D eigenvalue weighted by atomic mass is 9.35. The van der Waals surface area contributed by atoms with Crippen LogP contribution in [0.5, 0.6) is 23.0 Å². The molecule has 0 radical (unpaired) electrons. The molecule has 0 fully saturated rings. The van der Waals surface area contributed by atoms with Crippen molar-refractivity contribution in [3.8, 4) is 62.3 Å². The van der Waals surface area contributed by atoms with E-state index < -0.39 is 0 Å². The zero-order valence-electron chi connectivity index (χ0n) is 34.4. The van der Waals surface area contributed by atoms with Gasteiger partial charge in [-0.25, -0.2) is 4.98 Å². The van der Waals surface area contributed by atoms with Crippen LogP contribution in [0.2, 0.25) is 0 Å². The van der Waals surface area contributed by atoms with Crippen LogP contribution in [-0.2, 0) is 0 Å². The zero-order chi connectivity index (χ0) is 40.9. The summed E-state index contributed by atoms with van der Waals surface area (Å²) < 4.78 is 22.5. The molecular formula is C55H41BN2O3. The van der Waals surface area contributed by atoms with E-state index in [0.717, 1.165) is 83.7 Å². The van der Waals surface area contributed by atoms with Gasteiger partial charge in [0.15, 0.2) is 0 Å². The maximum atomic E-state index is 7.04. The van der Waals surface area contributed by atoms with Gasteiger partial charge in [-0.1, -0.05) is 131 Å². The van der Waals surface area contributed by atoms with E-state index in [9.17, 15) is 0 Å². The fraction of sp³-hybridized carbons (Fsp3) is 0.109. The molecule has 0 saturated carbocycles. The number of hydrogen-bond donors (Lipinski definition) is 0. The molecule has 0 saturated heterocycles. The van der Waals surface area contributed by atoms with E-state index in [-0.39, 0.29) is 18.5 Å². The van der Waals surface area contributed by atoms with Crippen LogP contribution in [0.1, 0.15) is 50.7 Å². The van der Waals surface area contributed by atoms with E-state index >= 15 is 0 Å². The predicted molar refractivity (Wildman–Crippen MR) is 251 cm³/mol. The van der Waals surface area contributed by atoms with Crippen molar-refractivity contribution in [2.45, 2.75) is 39.5 Å². The first-order valence-electron chi connectivity index (χ1n) is 21.3. The van der Waals surface area contributed by atoms with E-state index in [2.05, 4.69) is 166 Å². The third-order valence-corrected chi connectivity index (χ3v) is 12.7. The largest absolute Gasteiger partial charge is 0.458 e. The van der Waals surface area contributed by atoms with Gasteiger partial charge in [-0.3, -0.25) is 4.57 Å². The highest BCUT2D eigenvalue weighted by molar-refractivity contribution is 6.98. The molecule has 0 atom stereocenters. The van der Waals surface area contributed by atoms with E-state index in [1.54, 1.807) is 0 Å². The number of para-hydroxylation sites is 4. The monoisotopic (exact) mass is 788 g/mol. The number of imidazole rings is 1. The van der Waals surface area contributed by atoms with E-state index in [1.807, 2.05) is 30.3 Å². The molecule has 2 aliphatic rings. The average molecular weight is 789 g/mol. The summed E-state index contributed by atoms with van der Waals surface area (Å²) in [4.78, 5) is 5.44. The summed E-state index contributed by atoms with van der Waals surface area (Å²) in [5.41, 5.74) is 16.4. The van der Waals surface area contributed by atoms with Crippen molar-refractivity contribution in [3.05, 3.63) is 175 Å². The van der Waals surface area contributed by atoms with Crippen molar-refractivity contribution < 1.29 is 13.9 Å². The Morgan fingerprint density at radius 3 is 1.89 bits per heavy atom. The minimum Gasteiger partial charge on any atom is -0.458 e. The molecule has 8 aromatic carbocycles. The minimum absolute atomic E-state index is 0.0464. The van der Waals surface area contributed by atoms with Crippen molar-refractivity contribution >= 4 is 56.1 Å². The van der Waals surface area contributed by atoms with Gasteiger partial charge < -0.3 is 13.9 Å². The summed E-state index contributed by atoms with van der Waals surface area (Å²) in [7, 11) is 0. The van der Waals surface area contributed by atoms with Gasteiger partial charge in [0.2, 0.25) is 0 Å². The Balaban J connectivity index is 1.05. The number of furan rings is 1. The molecule has 6 heteroatoms. The van der Waals surface area contributed by atoms with Crippen molar-refractivity contribution in [1.82, 2.24) is 9.55 Å². The van der Waals surface area contributed by atoms with E-state index in [1.165, 1.54) is 39.1 Å². The highest BCUT2D eigenvalue weighted by atomic mass is 16.5. The maximum Gasteiger partial charge on any atom is 0.260 e. The smallest absolute Gasteiger partial charge is 0.260 e. The first-order valence-corrected chi connectivity index (χ1v) is 21.3. The van der Waals surface area contributed by atoms with Crippen LogP contribution in [0.25, 0.3) is 72.3 Å². The topological polar surface area (TPSA) is 49.4 Å². The molecule has 2 aromatic heterocycles. The normalized spacial score (nSPS) is 12.8. The molecule has 61 heavy (non-hydrogen) atoms. The summed E-state index contributed by atoms with van der Waals surface area (Å²) in [6, 6.07) is 58.0. The van der Waals surface area contributed by atoms with E-state index in [4.69, 9.17) is 18.9 Å². The first kappa shape index (κ1) is 35.6. The number of nitrogens with zero attached hydrogens (tertiary/aromatic N) is 2. The second-order valence-corrected chi connectivity index (χ2v) is 17.0. The van der Waals surface area contributed by atoms with Gasteiger partial charge in [0, 0.05) is 16.2 Å². The second kappa shape index (κ2) is 13.6. The quantitative estimate of drug-likeness (QED) is 0.158. The number of hydrogen-bond acceptors (Lipinski definition) is 4. The van der Waals surface area contributed by atoms with Gasteiger partial charge in [0.1, 0.15) is 40.0 Å². The molecule has 0 bridgehead atoms. The Morgan fingerprint density at radius 1 is 0.508 bits per heavy atom. The Morgan fingerprint density at radius 2 is 1.13 bits per heavy atom. The van der Waals surface area contributed by atoms with Gasteiger partial charge in [-0.05, 0) is 117 Å². The molecule has 0 unspecified atom stereocenters. The fourth-order valence-corrected chi connectivity index (χ4v) is 9.75. The third-order valence-electron chi connectivity index (χ3n) is 12.7. The number of ether oxygens (including phenoxy) is 2. The van der Waals surface area contributed by atoms with Crippen molar-refractivity contribution in [2.24, 2.45) is 0 Å². The average Bonchev–Trinajstić information content (AvgIpc) is 3.86. The number of fused-ring (bicyclic) bond motifs is 8. The lowest BCUT2D eigenvalue weighted by Gasteiger charge is -2.32. The van der Waals surface area contributed by atoms with Gasteiger partial charge in [-0.15, -0.1) is 0 Å². The number of aromatic nitrogens is 2. The summed E-state index contributed by atoms with van der Waals surface area (Å²) in [6.07, 6.45) is 0. The summed E-state index contributed by atoms with van der Waals surface area (Å²) >= 11 is 0. The molecule has 0 N–H and O–H groups in total. The Hall–Kier alpha value is -7.31. The summed E-state index contributed by atoms with van der Waals surface area (Å²) in [5, 5.41) is 2.03. The van der Waals surface area contributed by atoms with Gasteiger partial charge in [0.25, 0.3) is 6.71 Å². The first-order chi connectivity index (χ1) is 29.9. The van der Waals surface area contributed by atoms with E-state index in [0.29, 0.717) is 0 Å². The lowest BCUT2D eigenvalue weighted by molar-refractivity contribution is 0.465. The van der Waals surface area contributed by atoms with Crippen molar-refractivity contribution in [3.63, 3.8) is 0 Å². The molecule has 12 rings (SSSR count). The van der Waals surface area contributed by atoms with Crippen molar-refractivity contribution in [1.29, 1.82) is 0 Å². The number of benzene rings is 8. The van der Waals surface area contributed by atoms with Crippen LogP contribution in [-0.4, -0.2) is 16.3 Å². The molecule has 0 spiro atoms. The zero-order valence-corrected chi connectivity index (χ0v) is 34.4. The highest BCUT2D eigenvalue weighted by Gasteiger charge is 2.40. The van der Waals surface area contributed by atoms with Gasteiger partial charge >= 0.3 is 0 Å². The Kier molecular flexibility index (Phi) is 7.95. The van der Waals surface area contributed by atoms with Crippen LogP contribution in [0.15, 0.2) is 168 Å². The van der Waals surface area contributed by atoms with Crippen LogP contribution >= 0.6 is 0 Å². The lowest BCUT2D eigenvalue weighted by Crippen LogP contribution is -2.57. The highest BCUT2D eigenvalue weighted by Crippen LogP contribution is 2.44. The molecular weight excluding hydrogens is 747 g/mol. The molecule has 2 aliphatic heterocycles. The van der Waals surface area contributed by atoms with Crippen molar-refractivity contribution in [2.75, 3.05) is 0 Å². The standard InChI is InChI=1S/C55H41BN2O3/c1-32(2)40-28-37(36-26-24-35(25-27-36)34-14-6-5-7-15-34)29-41(33(3)4)53(40)58-46-20-10-9-19-45(46)57-55(58)39-17-12-16-38-42-30-51-44(31-50(42)61-54(38)39)56-43-18-8-11-21-47(43)59-48-22-13-23-49(60-51)52(48)56/h5-33H,1-4H3. The Labute approximate surface area is 354 Å².